The number of rotatable bonds is 4. The van der Waals surface area contributed by atoms with Gasteiger partial charge in [0.05, 0.1) is 17.1 Å². The number of benzene rings is 1. The number of primary sulfonamides is 1. The number of halogens is 1. The largest absolute Gasteiger partial charge is 0.241 e. The average Bonchev–Trinajstić information content (AvgIpc) is 2.77. The van der Waals surface area contributed by atoms with E-state index in [9.17, 15) is 8.42 Å². The van der Waals surface area contributed by atoms with Gasteiger partial charge in [0.15, 0.2) is 0 Å². The SMILES string of the molecule is CCc1nn(-c2cccc(Br)c2)c(CC)c1S(N)(=O)=O. The fourth-order valence-corrected chi connectivity index (χ4v) is 3.64. The average molecular weight is 358 g/mol. The van der Waals surface area contributed by atoms with Gasteiger partial charge in [-0.15, -0.1) is 0 Å². The second kappa shape index (κ2) is 5.67. The minimum Gasteiger partial charge on any atom is -0.236 e. The zero-order valence-electron chi connectivity index (χ0n) is 11.3. The van der Waals surface area contributed by atoms with Gasteiger partial charge in [0.2, 0.25) is 10.0 Å². The standard InChI is InChI=1S/C13H16BrN3O2S/c1-3-11-13(20(15,18)19)12(4-2)17(16-11)10-7-5-6-9(14)8-10/h5-8H,3-4H2,1-2H3,(H2,15,18,19). The lowest BCUT2D eigenvalue weighted by atomic mass is 10.2. The Balaban J connectivity index is 2.76. The zero-order chi connectivity index (χ0) is 14.9. The second-order valence-corrected chi connectivity index (χ2v) is 6.78. The first kappa shape index (κ1) is 15.2. The van der Waals surface area contributed by atoms with Gasteiger partial charge < -0.3 is 0 Å². The molecule has 0 unspecified atom stereocenters. The molecule has 2 aromatic rings. The van der Waals surface area contributed by atoms with Crippen molar-refractivity contribution in [2.24, 2.45) is 5.14 Å². The molecule has 0 radical (unpaired) electrons. The monoisotopic (exact) mass is 357 g/mol. The molecule has 1 heterocycles. The van der Waals surface area contributed by atoms with Crippen LogP contribution >= 0.6 is 15.9 Å². The summed E-state index contributed by atoms with van der Waals surface area (Å²) in [6.45, 7) is 3.75. The first-order valence-electron chi connectivity index (χ1n) is 6.28. The quantitative estimate of drug-likeness (QED) is 0.912. The molecule has 0 atom stereocenters. The van der Waals surface area contributed by atoms with E-state index in [-0.39, 0.29) is 4.90 Å². The van der Waals surface area contributed by atoms with Crippen LogP contribution < -0.4 is 5.14 Å². The smallest absolute Gasteiger partial charge is 0.236 e. The first-order chi connectivity index (χ1) is 9.38. The molecule has 1 aromatic carbocycles. The van der Waals surface area contributed by atoms with Crippen molar-refractivity contribution in [2.75, 3.05) is 0 Å². The molecule has 20 heavy (non-hydrogen) atoms. The molecule has 5 nitrogen and oxygen atoms in total. The van der Waals surface area contributed by atoms with E-state index in [0.717, 1.165) is 10.2 Å². The molecule has 0 aliphatic heterocycles. The molecule has 0 fully saturated rings. The molecule has 0 saturated heterocycles. The lowest BCUT2D eigenvalue weighted by Crippen LogP contribution is -2.15. The summed E-state index contributed by atoms with van der Waals surface area (Å²) in [5, 5.41) is 9.75. The summed E-state index contributed by atoms with van der Waals surface area (Å²) in [5.41, 5.74) is 1.92. The Hall–Kier alpha value is -1.18. The third-order valence-corrected chi connectivity index (χ3v) is 4.54. The molecule has 1 aromatic heterocycles. The van der Waals surface area contributed by atoms with Gasteiger partial charge in [-0.1, -0.05) is 35.8 Å². The Morgan fingerprint density at radius 1 is 1.30 bits per heavy atom. The normalized spacial score (nSPS) is 11.8. The predicted octanol–water partition coefficient (Wildman–Crippen LogP) is 2.41. The van der Waals surface area contributed by atoms with Crippen LogP contribution in [0.2, 0.25) is 0 Å². The van der Waals surface area contributed by atoms with Gasteiger partial charge in [-0.25, -0.2) is 18.2 Å². The predicted molar refractivity (Wildman–Crippen MR) is 81.4 cm³/mol. The van der Waals surface area contributed by atoms with Crippen LogP contribution in [0.5, 0.6) is 0 Å². The topological polar surface area (TPSA) is 78.0 Å². The molecule has 0 aliphatic carbocycles. The van der Waals surface area contributed by atoms with E-state index in [1.54, 1.807) is 4.68 Å². The number of aryl methyl sites for hydroxylation is 1. The van der Waals surface area contributed by atoms with E-state index < -0.39 is 10.0 Å². The number of sulfonamides is 1. The minimum absolute atomic E-state index is 0.155. The van der Waals surface area contributed by atoms with E-state index in [2.05, 4.69) is 21.0 Å². The summed E-state index contributed by atoms with van der Waals surface area (Å²) in [5.74, 6) is 0. The van der Waals surface area contributed by atoms with E-state index in [1.165, 1.54) is 0 Å². The highest BCUT2D eigenvalue weighted by Crippen LogP contribution is 2.25. The number of nitrogens with two attached hydrogens (primary N) is 1. The van der Waals surface area contributed by atoms with Crippen molar-refractivity contribution in [1.82, 2.24) is 9.78 Å². The summed E-state index contributed by atoms with van der Waals surface area (Å²) in [6.07, 6.45) is 1.05. The first-order valence-corrected chi connectivity index (χ1v) is 8.61. The van der Waals surface area contributed by atoms with Crippen molar-refractivity contribution in [2.45, 2.75) is 31.6 Å². The Bertz CT molecular complexity index is 738. The molecule has 0 amide bonds. The van der Waals surface area contributed by atoms with Gasteiger partial charge in [0.1, 0.15) is 4.90 Å². The third-order valence-electron chi connectivity index (χ3n) is 3.01. The maximum absolute atomic E-state index is 11.8. The zero-order valence-corrected chi connectivity index (χ0v) is 13.7. The Morgan fingerprint density at radius 2 is 2.00 bits per heavy atom. The molecule has 2 rings (SSSR count). The minimum atomic E-state index is -3.78. The molecule has 0 saturated carbocycles. The molecule has 0 bridgehead atoms. The summed E-state index contributed by atoms with van der Waals surface area (Å²) >= 11 is 3.40. The maximum Gasteiger partial charge on any atom is 0.241 e. The molecular weight excluding hydrogens is 342 g/mol. The third kappa shape index (κ3) is 2.79. The molecule has 2 N–H and O–H groups in total. The van der Waals surface area contributed by atoms with E-state index in [0.29, 0.717) is 24.2 Å². The maximum atomic E-state index is 11.8. The number of hydrogen-bond acceptors (Lipinski definition) is 3. The Morgan fingerprint density at radius 3 is 2.50 bits per heavy atom. The van der Waals surface area contributed by atoms with Crippen molar-refractivity contribution < 1.29 is 8.42 Å². The van der Waals surface area contributed by atoms with Crippen LogP contribution in [0.25, 0.3) is 5.69 Å². The van der Waals surface area contributed by atoms with Crippen LogP contribution in [-0.2, 0) is 22.9 Å². The summed E-state index contributed by atoms with van der Waals surface area (Å²) in [6, 6.07) is 7.55. The highest BCUT2D eigenvalue weighted by atomic mass is 79.9. The van der Waals surface area contributed by atoms with Crippen molar-refractivity contribution in [3.05, 3.63) is 40.1 Å². The van der Waals surface area contributed by atoms with Crippen molar-refractivity contribution in [1.29, 1.82) is 0 Å². The van der Waals surface area contributed by atoms with Gasteiger partial charge in [-0.2, -0.15) is 5.10 Å². The number of aromatic nitrogens is 2. The molecule has 108 valence electrons. The van der Waals surface area contributed by atoms with Crippen LogP contribution in [0, 0.1) is 0 Å². The van der Waals surface area contributed by atoms with E-state index >= 15 is 0 Å². The van der Waals surface area contributed by atoms with Crippen molar-refractivity contribution in [3.8, 4) is 5.69 Å². The van der Waals surface area contributed by atoms with Gasteiger partial charge in [0, 0.05) is 4.47 Å². The molecule has 0 aliphatic rings. The number of nitrogens with zero attached hydrogens (tertiary/aromatic N) is 2. The van der Waals surface area contributed by atoms with Gasteiger partial charge in [-0.3, -0.25) is 0 Å². The molecule has 0 spiro atoms. The summed E-state index contributed by atoms with van der Waals surface area (Å²) < 4.78 is 26.2. The second-order valence-electron chi connectivity index (χ2n) is 4.37. The van der Waals surface area contributed by atoms with Crippen molar-refractivity contribution in [3.63, 3.8) is 0 Å². The number of hydrogen-bond donors (Lipinski definition) is 1. The highest BCUT2D eigenvalue weighted by Gasteiger charge is 2.24. The summed E-state index contributed by atoms with van der Waals surface area (Å²) in [4.78, 5) is 0.155. The molecule has 7 heteroatoms. The van der Waals surface area contributed by atoms with Crippen LogP contribution in [0.15, 0.2) is 33.6 Å². The van der Waals surface area contributed by atoms with Gasteiger partial charge in [0.25, 0.3) is 0 Å². The van der Waals surface area contributed by atoms with Crippen LogP contribution in [-0.4, -0.2) is 18.2 Å². The Labute approximate surface area is 127 Å². The van der Waals surface area contributed by atoms with Crippen LogP contribution in [0.3, 0.4) is 0 Å². The lowest BCUT2D eigenvalue weighted by Gasteiger charge is -2.07. The summed E-state index contributed by atoms with van der Waals surface area (Å²) in [7, 11) is -3.78. The van der Waals surface area contributed by atoms with E-state index in [4.69, 9.17) is 5.14 Å². The highest BCUT2D eigenvalue weighted by molar-refractivity contribution is 9.10. The van der Waals surface area contributed by atoms with Crippen molar-refractivity contribution >= 4 is 26.0 Å². The Kier molecular flexibility index (Phi) is 4.31. The van der Waals surface area contributed by atoms with Crippen LogP contribution in [0.1, 0.15) is 25.2 Å². The lowest BCUT2D eigenvalue weighted by molar-refractivity contribution is 0.595. The van der Waals surface area contributed by atoms with Gasteiger partial charge in [-0.05, 0) is 31.0 Å². The van der Waals surface area contributed by atoms with Crippen LogP contribution in [0.4, 0.5) is 0 Å². The fraction of sp³-hybridized carbons (Fsp3) is 0.308. The van der Waals surface area contributed by atoms with Gasteiger partial charge >= 0.3 is 0 Å². The van der Waals surface area contributed by atoms with E-state index in [1.807, 2.05) is 38.1 Å². The molecular formula is C13H16BrN3O2S. The fourth-order valence-electron chi connectivity index (χ4n) is 2.18.